The number of allylic oxidation sites excluding steroid dienone is 9. The maximum absolute atomic E-state index is 13.2. The molecule has 412 valence electrons. The molecule has 2 aliphatic rings. The fraction of sp³-hybridized carbons (Fsp3) is 0.807. The molecule has 2 saturated heterocycles. The van der Waals surface area contributed by atoms with Crippen LogP contribution in [0.25, 0.3) is 0 Å². The van der Waals surface area contributed by atoms with Crippen molar-refractivity contribution in [3.05, 3.63) is 60.8 Å². The zero-order valence-corrected chi connectivity index (χ0v) is 43.9. The van der Waals surface area contributed by atoms with Crippen molar-refractivity contribution in [1.29, 1.82) is 0 Å². The number of carbonyl (C=O) groups excluding carboxylic acids is 1. The van der Waals surface area contributed by atoms with Gasteiger partial charge in [-0.15, -0.1) is 0 Å². The van der Waals surface area contributed by atoms with Crippen molar-refractivity contribution in [3.63, 3.8) is 0 Å². The number of ether oxygens (including phenoxy) is 4. The lowest BCUT2D eigenvalue weighted by Crippen LogP contribution is -2.65. The van der Waals surface area contributed by atoms with Gasteiger partial charge in [0.25, 0.3) is 0 Å². The Morgan fingerprint density at radius 3 is 1.52 bits per heavy atom. The summed E-state index contributed by atoms with van der Waals surface area (Å²) in [5, 5.41) is 86.7. The lowest BCUT2D eigenvalue weighted by molar-refractivity contribution is -0.359. The lowest BCUT2D eigenvalue weighted by atomic mass is 9.97. The second kappa shape index (κ2) is 43.0. The average Bonchev–Trinajstić information content (AvgIpc) is 3.37. The van der Waals surface area contributed by atoms with Crippen LogP contribution >= 0.6 is 0 Å². The van der Waals surface area contributed by atoms with E-state index in [9.17, 15) is 45.6 Å². The summed E-state index contributed by atoms with van der Waals surface area (Å²) >= 11 is 0. The molecule has 0 aromatic rings. The molecule has 14 nitrogen and oxygen atoms in total. The van der Waals surface area contributed by atoms with E-state index in [2.05, 4.69) is 67.8 Å². The monoisotopic (exact) mass is 1010 g/mol. The van der Waals surface area contributed by atoms with Crippen LogP contribution in [0.3, 0.4) is 0 Å². The zero-order valence-electron chi connectivity index (χ0n) is 43.9. The minimum absolute atomic E-state index is 0.257. The van der Waals surface area contributed by atoms with E-state index in [0.717, 1.165) is 51.4 Å². The van der Waals surface area contributed by atoms with E-state index >= 15 is 0 Å². The summed E-state index contributed by atoms with van der Waals surface area (Å²) in [4.78, 5) is 13.2. The quantitative estimate of drug-likeness (QED) is 0.0206. The fourth-order valence-corrected chi connectivity index (χ4v) is 8.89. The summed E-state index contributed by atoms with van der Waals surface area (Å²) < 4.78 is 22.7. The van der Waals surface area contributed by atoms with Gasteiger partial charge in [0, 0.05) is 6.42 Å². The summed E-state index contributed by atoms with van der Waals surface area (Å²) in [7, 11) is 0. The van der Waals surface area contributed by atoms with E-state index in [1.807, 2.05) is 6.08 Å². The third kappa shape index (κ3) is 29.4. The van der Waals surface area contributed by atoms with Crippen LogP contribution in [0, 0.1) is 0 Å². The Bertz CT molecular complexity index is 1420. The van der Waals surface area contributed by atoms with Crippen molar-refractivity contribution < 1.29 is 64.6 Å². The normalized spacial score (nSPS) is 26.2. The number of aliphatic hydroxyl groups excluding tert-OH is 8. The van der Waals surface area contributed by atoms with Gasteiger partial charge < -0.3 is 65.1 Å². The predicted molar refractivity (Wildman–Crippen MR) is 281 cm³/mol. The Morgan fingerprint density at radius 2 is 0.986 bits per heavy atom. The van der Waals surface area contributed by atoms with Gasteiger partial charge in [-0.2, -0.15) is 0 Å². The third-order valence-corrected chi connectivity index (χ3v) is 13.4. The molecule has 14 heteroatoms. The van der Waals surface area contributed by atoms with Crippen LogP contribution < -0.4 is 5.32 Å². The van der Waals surface area contributed by atoms with Crippen molar-refractivity contribution >= 4 is 5.91 Å². The summed E-state index contributed by atoms with van der Waals surface area (Å²) in [6, 6.07) is -0.937. The van der Waals surface area contributed by atoms with Crippen LogP contribution in [0.5, 0.6) is 0 Å². The van der Waals surface area contributed by atoms with Crippen LogP contribution in [-0.4, -0.2) is 140 Å². The minimum Gasteiger partial charge on any atom is -0.394 e. The summed E-state index contributed by atoms with van der Waals surface area (Å²) in [6.07, 6.45) is 37.2. The number of hydrogen-bond donors (Lipinski definition) is 9. The highest BCUT2D eigenvalue weighted by molar-refractivity contribution is 5.76. The molecular formula is C57H101NO13. The number of aliphatic hydroxyl groups is 8. The van der Waals surface area contributed by atoms with Gasteiger partial charge in [0.2, 0.25) is 5.91 Å². The molecule has 0 bridgehead atoms. The molecule has 12 unspecified atom stereocenters. The predicted octanol–water partition coefficient (Wildman–Crippen LogP) is 8.61. The molecule has 2 fully saturated rings. The molecule has 71 heavy (non-hydrogen) atoms. The first-order valence-electron chi connectivity index (χ1n) is 28.0. The Kier molecular flexibility index (Phi) is 39.2. The number of rotatable bonds is 43. The highest BCUT2D eigenvalue weighted by Gasteiger charge is 2.51. The Morgan fingerprint density at radius 1 is 0.521 bits per heavy atom. The second-order valence-electron chi connectivity index (χ2n) is 19.7. The number of hydrogen-bond acceptors (Lipinski definition) is 13. The summed E-state index contributed by atoms with van der Waals surface area (Å²) in [6.45, 7) is 2.62. The summed E-state index contributed by atoms with van der Waals surface area (Å²) in [5.74, 6) is -0.257. The Balaban J connectivity index is 1.70. The van der Waals surface area contributed by atoms with Crippen molar-refractivity contribution in [3.8, 4) is 0 Å². The molecule has 0 aliphatic carbocycles. The molecule has 2 aliphatic heterocycles. The number of nitrogens with one attached hydrogen (secondary N) is 1. The number of carbonyl (C=O) groups is 1. The van der Waals surface area contributed by atoms with Crippen LogP contribution in [-0.2, 0) is 23.7 Å². The van der Waals surface area contributed by atoms with Gasteiger partial charge in [0.15, 0.2) is 12.6 Å². The van der Waals surface area contributed by atoms with Gasteiger partial charge in [-0.25, -0.2) is 0 Å². The van der Waals surface area contributed by atoms with Crippen LogP contribution in [0.2, 0.25) is 0 Å². The molecule has 0 aromatic heterocycles. The molecule has 2 heterocycles. The minimum atomic E-state index is -1.79. The van der Waals surface area contributed by atoms with E-state index in [4.69, 9.17) is 18.9 Å². The first kappa shape index (κ1) is 64.8. The molecule has 1 amide bonds. The topological polar surface area (TPSA) is 228 Å². The standard InChI is InChI=1S/C57H101NO13/c1-3-5-7-9-11-13-15-16-17-18-19-20-21-22-23-24-25-26-27-28-29-30-31-33-35-37-39-41-49(62)58-45(46(61)40-38-36-34-32-14-12-10-8-6-4-2)44-68-56-54(67)52(65)55(48(43-60)70-56)71-57-53(66)51(64)50(63)47(42-59)69-57/h6,8,14-16,18-19,32,38,40,45-48,50-57,59-61,63-67H,3-5,7,9-13,17,20-31,33-37,39,41-44H2,1-2H3,(H,58,62)/b8-6+,16-15-,19-18-,32-14+,40-38+. The fourth-order valence-electron chi connectivity index (χ4n) is 8.89. The van der Waals surface area contributed by atoms with Crippen molar-refractivity contribution in [2.75, 3.05) is 19.8 Å². The molecular weight excluding hydrogens is 907 g/mol. The molecule has 2 rings (SSSR count). The second-order valence-corrected chi connectivity index (χ2v) is 19.7. The van der Waals surface area contributed by atoms with E-state index in [-0.39, 0.29) is 18.9 Å². The van der Waals surface area contributed by atoms with Crippen LogP contribution in [0.1, 0.15) is 200 Å². The van der Waals surface area contributed by atoms with Crippen LogP contribution in [0.4, 0.5) is 0 Å². The highest BCUT2D eigenvalue weighted by atomic mass is 16.7. The number of unbranched alkanes of at least 4 members (excludes halogenated alkanes) is 22. The van der Waals surface area contributed by atoms with Gasteiger partial charge in [-0.05, 0) is 70.6 Å². The van der Waals surface area contributed by atoms with Crippen molar-refractivity contribution in [2.24, 2.45) is 0 Å². The van der Waals surface area contributed by atoms with Gasteiger partial charge in [0.1, 0.15) is 48.8 Å². The highest BCUT2D eigenvalue weighted by Crippen LogP contribution is 2.30. The van der Waals surface area contributed by atoms with E-state index in [1.165, 1.54) is 116 Å². The molecule has 12 atom stereocenters. The van der Waals surface area contributed by atoms with Gasteiger partial charge in [0.05, 0.1) is 32.0 Å². The first-order valence-corrected chi connectivity index (χ1v) is 28.0. The number of amides is 1. The molecule has 0 aromatic carbocycles. The molecule has 0 saturated carbocycles. The SMILES string of the molecule is CC/C=C/CC/C=C/CC/C=C/C(O)C(COC1OC(CO)C(OC2OC(CO)C(O)C(O)C2O)C(O)C1O)NC(=O)CCCCCCCCCCCCCCCCC/C=C\C/C=C\CCCCCCC. The molecule has 0 radical (unpaired) electrons. The Hall–Kier alpha value is -2.31. The van der Waals surface area contributed by atoms with Crippen molar-refractivity contribution in [1.82, 2.24) is 5.32 Å². The van der Waals surface area contributed by atoms with Gasteiger partial charge in [-0.1, -0.05) is 184 Å². The average molecular weight is 1010 g/mol. The van der Waals surface area contributed by atoms with E-state index < -0.39 is 86.8 Å². The molecule has 9 N–H and O–H groups in total. The Labute approximate surface area is 428 Å². The van der Waals surface area contributed by atoms with E-state index in [0.29, 0.717) is 12.8 Å². The lowest BCUT2D eigenvalue weighted by Gasteiger charge is -2.46. The molecule has 0 spiro atoms. The first-order chi connectivity index (χ1) is 34.6. The van der Waals surface area contributed by atoms with Gasteiger partial charge in [-0.3, -0.25) is 4.79 Å². The maximum Gasteiger partial charge on any atom is 0.220 e. The zero-order chi connectivity index (χ0) is 51.7. The maximum atomic E-state index is 13.2. The van der Waals surface area contributed by atoms with Gasteiger partial charge >= 0.3 is 0 Å². The van der Waals surface area contributed by atoms with E-state index in [1.54, 1.807) is 6.08 Å². The smallest absolute Gasteiger partial charge is 0.220 e. The third-order valence-electron chi connectivity index (χ3n) is 13.4. The van der Waals surface area contributed by atoms with Crippen LogP contribution in [0.15, 0.2) is 60.8 Å². The largest absolute Gasteiger partial charge is 0.394 e. The van der Waals surface area contributed by atoms with Crippen molar-refractivity contribution in [2.45, 2.75) is 274 Å². The summed E-state index contributed by atoms with van der Waals surface area (Å²) in [5.41, 5.74) is 0.